The molecule has 0 fully saturated rings. The van der Waals surface area contributed by atoms with E-state index in [0.29, 0.717) is 18.5 Å². The molecule has 1 aliphatic rings. The van der Waals surface area contributed by atoms with E-state index in [9.17, 15) is 18.0 Å². The SMILES string of the molecule is CCC(=O)N1c2ccc(S(=O)(=O)CCC(=O)Nc3ccc(CC)cc3)cc2C[C@H]1C. The molecule has 0 unspecified atom stereocenters. The lowest BCUT2D eigenvalue weighted by atomic mass is 10.1. The Hall–Kier alpha value is -2.67. The number of fused-ring (bicyclic) bond motifs is 1. The summed E-state index contributed by atoms with van der Waals surface area (Å²) in [7, 11) is -3.60. The molecule has 160 valence electrons. The molecule has 0 saturated carbocycles. The van der Waals surface area contributed by atoms with Crippen LogP contribution in [-0.4, -0.2) is 32.0 Å². The van der Waals surface area contributed by atoms with Crippen LogP contribution in [0.3, 0.4) is 0 Å². The van der Waals surface area contributed by atoms with Crippen molar-refractivity contribution in [2.75, 3.05) is 16.0 Å². The maximum Gasteiger partial charge on any atom is 0.226 e. The molecule has 3 rings (SSSR count). The van der Waals surface area contributed by atoms with Crippen LogP contribution in [-0.2, 0) is 32.3 Å². The molecule has 2 amide bonds. The predicted octanol–water partition coefficient (Wildman–Crippen LogP) is 3.74. The summed E-state index contributed by atoms with van der Waals surface area (Å²) in [5.74, 6) is -0.574. The van der Waals surface area contributed by atoms with E-state index in [1.807, 2.05) is 38.1 Å². The van der Waals surface area contributed by atoms with E-state index < -0.39 is 9.84 Å². The zero-order valence-electron chi connectivity index (χ0n) is 17.6. The predicted molar refractivity (Wildman–Crippen MR) is 119 cm³/mol. The van der Waals surface area contributed by atoms with Crippen LogP contribution >= 0.6 is 0 Å². The first kappa shape index (κ1) is 22.0. The summed E-state index contributed by atoms with van der Waals surface area (Å²) < 4.78 is 25.5. The van der Waals surface area contributed by atoms with E-state index in [0.717, 1.165) is 17.7 Å². The van der Waals surface area contributed by atoms with Crippen LogP contribution in [0.1, 0.15) is 44.7 Å². The van der Waals surface area contributed by atoms with Crippen LogP contribution in [0.2, 0.25) is 0 Å². The molecule has 7 heteroatoms. The maximum atomic E-state index is 12.8. The minimum absolute atomic E-state index is 0.00952. The zero-order chi connectivity index (χ0) is 21.9. The highest BCUT2D eigenvalue weighted by molar-refractivity contribution is 7.91. The number of anilines is 2. The largest absolute Gasteiger partial charge is 0.326 e. The summed E-state index contributed by atoms with van der Waals surface area (Å²) in [6.07, 6.45) is 1.82. The molecule has 0 aliphatic carbocycles. The Bertz CT molecular complexity index is 1050. The monoisotopic (exact) mass is 428 g/mol. The van der Waals surface area contributed by atoms with E-state index in [2.05, 4.69) is 12.2 Å². The van der Waals surface area contributed by atoms with Crippen molar-refractivity contribution >= 4 is 33.0 Å². The van der Waals surface area contributed by atoms with E-state index in [-0.39, 0.29) is 34.9 Å². The van der Waals surface area contributed by atoms with Gasteiger partial charge in [0.15, 0.2) is 9.84 Å². The number of hydrogen-bond donors (Lipinski definition) is 1. The highest BCUT2D eigenvalue weighted by Gasteiger charge is 2.31. The van der Waals surface area contributed by atoms with Gasteiger partial charge < -0.3 is 10.2 Å². The third-order valence-electron chi connectivity index (χ3n) is 5.44. The molecule has 0 bridgehead atoms. The first-order valence-electron chi connectivity index (χ1n) is 10.3. The number of hydrogen-bond acceptors (Lipinski definition) is 4. The van der Waals surface area contributed by atoms with Gasteiger partial charge in [0.2, 0.25) is 11.8 Å². The molecular weight excluding hydrogens is 400 g/mol. The van der Waals surface area contributed by atoms with Crippen molar-refractivity contribution in [3.8, 4) is 0 Å². The van der Waals surface area contributed by atoms with Crippen LogP contribution in [0, 0.1) is 0 Å². The fourth-order valence-corrected chi connectivity index (χ4v) is 5.03. The number of carbonyl (C=O) groups is 2. The van der Waals surface area contributed by atoms with Crippen molar-refractivity contribution in [2.45, 2.75) is 57.4 Å². The maximum absolute atomic E-state index is 12.8. The van der Waals surface area contributed by atoms with E-state index in [1.54, 1.807) is 17.0 Å². The molecule has 1 N–H and O–H groups in total. The number of sulfone groups is 1. The molecule has 0 aromatic heterocycles. The quantitative estimate of drug-likeness (QED) is 0.728. The molecule has 2 aromatic carbocycles. The third-order valence-corrected chi connectivity index (χ3v) is 7.15. The Balaban J connectivity index is 1.66. The van der Waals surface area contributed by atoms with Gasteiger partial charge in [-0.3, -0.25) is 9.59 Å². The van der Waals surface area contributed by atoms with Crippen LogP contribution in [0.4, 0.5) is 11.4 Å². The fourth-order valence-electron chi connectivity index (χ4n) is 3.74. The van der Waals surface area contributed by atoms with Gasteiger partial charge >= 0.3 is 0 Å². The molecule has 1 aliphatic heterocycles. The van der Waals surface area contributed by atoms with Gasteiger partial charge in [0.25, 0.3) is 0 Å². The smallest absolute Gasteiger partial charge is 0.226 e. The number of nitrogens with zero attached hydrogens (tertiary/aromatic N) is 1. The second-order valence-corrected chi connectivity index (χ2v) is 9.74. The third kappa shape index (κ3) is 4.73. The molecule has 1 atom stereocenters. The molecule has 1 heterocycles. The van der Waals surface area contributed by atoms with Crippen molar-refractivity contribution < 1.29 is 18.0 Å². The van der Waals surface area contributed by atoms with Gasteiger partial charge in [-0.15, -0.1) is 0 Å². The number of amides is 2. The second-order valence-electron chi connectivity index (χ2n) is 7.63. The summed E-state index contributed by atoms with van der Waals surface area (Å²) in [6.45, 7) is 5.82. The Kier molecular flexibility index (Phi) is 6.61. The van der Waals surface area contributed by atoms with E-state index in [4.69, 9.17) is 0 Å². The van der Waals surface area contributed by atoms with Crippen molar-refractivity contribution in [1.29, 1.82) is 0 Å². The summed E-state index contributed by atoms with van der Waals surface area (Å²) in [5.41, 5.74) is 3.45. The van der Waals surface area contributed by atoms with Gasteiger partial charge in [0.1, 0.15) is 0 Å². The lowest BCUT2D eigenvalue weighted by Gasteiger charge is -2.22. The topological polar surface area (TPSA) is 83.6 Å². The molecular formula is C23H28N2O4S. The molecule has 0 radical (unpaired) electrons. The van der Waals surface area contributed by atoms with Gasteiger partial charge in [-0.25, -0.2) is 8.42 Å². The first-order chi connectivity index (χ1) is 14.2. The fraction of sp³-hybridized carbons (Fsp3) is 0.391. The summed E-state index contributed by atoms with van der Waals surface area (Å²) in [5, 5.41) is 2.74. The van der Waals surface area contributed by atoms with E-state index >= 15 is 0 Å². The number of aryl methyl sites for hydroxylation is 1. The number of carbonyl (C=O) groups excluding carboxylic acids is 2. The van der Waals surface area contributed by atoms with Crippen LogP contribution in [0.25, 0.3) is 0 Å². The van der Waals surface area contributed by atoms with Crippen LogP contribution < -0.4 is 10.2 Å². The van der Waals surface area contributed by atoms with Crippen molar-refractivity contribution in [3.63, 3.8) is 0 Å². The van der Waals surface area contributed by atoms with Crippen molar-refractivity contribution in [3.05, 3.63) is 53.6 Å². The standard InChI is InChI=1S/C23H28N2O4S/c1-4-17-6-8-19(9-7-17)24-22(26)12-13-30(28,29)20-10-11-21-18(15-20)14-16(3)25(21)23(27)5-2/h6-11,15-16H,4-5,12-14H2,1-3H3,(H,24,26)/t16-/m1/s1. The average Bonchev–Trinajstić information content (AvgIpc) is 3.07. The Labute approximate surface area is 178 Å². The van der Waals surface area contributed by atoms with Crippen molar-refractivity contribution in [1.82, 2.24) is 0 Å². The average molecular weight is 429 g/mol. The summed E-state index contributed by atoms with van der Waals surface area (Å²) >= 11 is 0. The van der Waals surface area contributed by atoms with Crippen LogP contribution in [0.5, 0.6) is 0 Å². The van der Waals surface area contributed by atoms with Gasteiger partial charge in [0.05, 0.1) is 10.6 Å². The molecule has 6 nitrogen and oxygen atoms in total. The number of benzene rings is 2. The first-order valence-corrected chi connectivity index (χ1v) is 12.0. The minimum atomic E-state index is -3.60. The summed E-state index contributed by atoms with van der Waals surface area (Å²) in [4.78, 5) is 26.3. The van der Waals surface area contributed by atoms with Gasteiger partial charge in [0, 0.05) is 30.3 Å². The number of nitrogens with one attached hydrogen (secondary N) is 1. The zero-order valence-corrected chi connectivity index (χ0v) is 18.5. The highest BCUT2D eigenvalue weighted by Crippen LogP contribution is 2.34. The van der Waals surface area contributed by atoms with Gasteiger partial charge in [-0.2, -0.15) is 0 Å². The molecule has 2 aromatic rings. The van der Waals surface area contributed by atoms with Crippen molar-refractivity contribution in [2.24, 2.45) is 0 Å². The summed E-state index contributed by atoms with van der Waals surface area (Å²) in [6, 6.07) is 12.4. The Morgan fingerprint density at radius 2 is 1.80 bits per heavy atom. The Morgan fingerprint density at radius 3 is 2.43 bits per heavy atom. The lowest BCUT2D eigenvalue weighted by molar-refractivity contribution is -0.118. The van der Waals surface area contributed by atoms with Gasteiger partial charge in [-0.05, 0) is 61.2 Å². The normalized spacial score (nSPS) is 15.7. The highest BCUT2D eigenvalue weighted by atomic mass is 32.2. The van der Waals surface area contributed by atoms with Gasteiger partial charge in [-0.1, -0.05) is 26.0 Å². The Morgan fingerprint density at radius 1 is 1.10 bits per heavy atom. The number of rotatable bonds is 7. The van der Waals surface area contributed by atoms with E-state index in [1.165, 1.54) is 11.6 Å². The molecule has 0 spiro atoms. The van der Waals surface area contributed by atoms with Crippen LogP contribution in [0.15, 0.2) is 47.4 Å². The lowest BCUT2D eigenvalue weighted by Crippen LogP contribution is -2.35. The second kappa shape index (κ2) is 9.00. The molecule has 30 heavy (non-hydrogen) atoms. The minimum Gasteiger partial charge on any atom is -0.326 e. The molecule has 0 saturated heterocycles.